The molecule has 5 aromatic carbocycles. The first-order chi connectivity index (χ1) is 21.9. The number of benzene rings is 5. The van der Waals surface area contributed by atoms with Crippen molar-refractivity contribution in [3.8, 4) is 5.75 Å². The lowest BCUT2D eigenvalue weighted by Gasteiger charge is -2.17. The zero-order valence-electron chi connectivity index (χ0n) is 25.0. The second kappa shape index (κ2) is 14.9. The van der Waals surface area contributed by atoms with E-state index in [2.05, 4.69) is 16.0 Å². The molecule has 0 spiro atoms. The molecule has 0 aromatic heterocycles. The number of hydrogen-bond donors (Lipinski definition) is 3. The van der Waals surface area contributed by atoms with Gasteiger partial charge < -0.3 is 20.7 Å². The van der Waals surface area contributed by atoms with Gasteiger partial charge in [0.2, 0.25) is 5.91 Å². The highest BCUT2D eigenvalue weighted by Crippen LogP contribution is 2.30. The van der Waals surface area contributed by atoms with E-state index in [1.54, 1.807) is 55.7 Å². The number of anilines is 2. The average Bonchev–Trinajstić information content (AvgIpc) is 3.07. The highest BCUT2D eigenvalue weighted by Gasteiger charge is 2.20. The van der Waals surface area contributed by atoms with Crippen molar-refractivity contribution in [2.75, 3.05) is 17.7 Å². The van der Waals surface area contributed by atoms with Gasteiger partial charge in [0.05, 0.1) is 18.0 Å². The summed E-state index contributed by atoms with van der Waals surface area (Å²) in [5.41, 5.74) is 2.46. The van der Waals surface area contributed by atoms with Crippen LogP contribution in [0.5, 0.6) is 5.75 Å². The van der Waals surface area contributed by atoms with Gasteiger partial charge in [-0.15, -0.1) is 11.8 Å². The van der Waals surface area contributed by atoms with Crippen LogP contribution in [0.15, 0.2) is 132 Å². The third-order valence-corrected chi connectivity index (χ3v) is 8.41. The number of rotatable bonds is 11. The number of carbonyl (C=O) groups excluding carboxylic acids is 3. The summed E-state index contributed by atoms with van der Waals surface area (Å²) in [5.74, 6) is -0.434. The molecule has 0 heterocycles. The molecule has 5 aromatic rings. The third kappa shape index (κ3) is 7.99. The van der Waals surface area contributed by atoms with E-state index in [-0.39, 0.29) is 16.9 Å². The predicted molar refractivity (Wildman–Crippen MR) is 182 cm³/mol. The zero-order chi connectivity index (χ0) is 31.6. The molecule has 0 aliphatic carbocycles. The molecular formula is C37H33N3O4S. The molecule has 5 rings (SSSR count). The van der Waals surface area contributed by atoms with Crippen molar-refractivity contribution >= 4 is 57.7 Å². The second-order valence-corrected chi connectivity index (χ2v) is 11.4. The summed E-state index contributed by atoms with van der Waals surface area (Å²) in [7, 11) is 1.56. The molecule has 1 atom stereocenters. The monoisotopic (exact) mass is 615 g/mol. The zero-order valence-corrected chi connectivity index (χ0v) is 25.8. The van der Waals surface area contributed by atoms with Crippen LogP contribution >= 0.6 is 11.8 Å². The largest absolute Gasteiger partial charge is 0.495 e. The third-order valence-electron chi connectivity index (χ3n) is 7.05. The molecule has 3 amide bonds. The van der Waals surface area contributed by atoms with E-state index in [0.29, 0.717) is 29.1 Å². The minimum Gasteiger partial charge on any atom is -0.495 e. The van der Waals surface area contributed by atoms with Crippen LogP contribution in [0.3, 0.4) is 0 Å². The van der Waals surface area contributed by atoms with Crippen molar-refractivity contribution in [1.29, 1.82) is 0 Å². The Morgan fingerprint density at radius 1 is 0.800 bits per heavy atom. The number of para-hydroxylation sites is 2. The van der Waals surface area contributed by atoms with Gasteiger partial charge in [0, 0.05) is 16.1 Å². The minimum atomic E-state index is -0.477. The molecule has 3 N–H and O–H groups in total. The number of thioether (sulfide) groups is 1. The van der Waals surface area contributed by atoms with E-state index in [4.69, 9.17) is 4.74 Å². The summed E-state index contributed by atoms with van der Waals surface area (Å²) < 4.78 is 5.36. The number of ether oxygens (including phenoxy) is 1. The van der Waals surface area contributed by atoms with Crippen LogP contribution in [0.2, 0.25) is 0 Å². The van der Waals surface area contributed by atoms with Crippen LogP contribution in [0.1, 0.15) is 29.3 Å². The van der Waals surface area contributed by atoms with Gasteiger partial charge in [-0.05, 0) is 71.3 Å². The fourth-order valence-electron chi connectivity index (χ4n) is 4.77. The van der Waals surface area contributed by atoms with Crippen molar-refractivity contribution in [3.63, 3.8) is 0 Å². The molecule has 7 nitrogen and oxygen atoms in total. The Morgan fingerprint density at radius 2 is 1.51 bits per heavy atom. The Bertz CT molecular complexity index is 1850. The van der Waals surface area contributed by atoms with Crippen LogP contribution in [-0.4, -0.2) is 30.1 Å². The summed E-state index contributed by atoms with van der Waals surface area (Å²) >= 11 is 1.40. The molecule has 45 heavy (non-hydrogen) atoms. The lowest BCUT2D eigenvalue weighted by atomic mass is 10.0. The summed E-state index contributed by atoms with van der Waals surface area (Å²) in [4.78, 5) is 40.8. The first kappa shape index (κ1) is 31.1. The Hall–Kier alpha value is -5.34. The van der Waals surface area contributed by atoms with Crippen LogP contribution in [-0.2, 0) is 9.59 Å². The second-order valence-electron chi connectivity index (χ2n) is 10.1. The fourth-order valence-corrected chi connectivity index (χ4v) is 5.78. The average molecular weight is 616 g/mol. The summed E-state index contributed by atoms with van der Waals surface area (Å²) in [6.07, 6.45) is 2.28. The maximum absolute atomic E-state index is 13.7. The Labute approximate surface area is 266 Å². The number of nitrogens with one attached hydrogen (secondary N) is 3. The lowest BCUT2D eigenvalue weighted by Crippen LogP contribution is -2.30. The van der Waals surface area contributed by atoms with Crippen molar-refractivity contribution in [2.45, 2.75) is 23.5 Å². The number of methoxy groups -OCH3 is 1. The van der Waals surface area contributed by atoms with Gasteiger partial charge in [0.25, 0.3) is 11.8 Å². The highest BCUT2D eigenvalue weighted by molar-refractivity contribution is 8.00. The maximum Gasteiger partial charge on any atom is 0.272 e. The van der Waals surface area contributed by atoms with Gasteiger partial charge in [0.1, 0.15) is 11.4 Å². The number of amides is 3. The first-order valence-electron chi connectivity index (χ1n) is 14.5. The fraction of sp³-hybridized carbons (Fsp3) is 0.108. The molecule has 226 valence electrons. The van der Waals surface area contributed by atoms with E-state index in [1.807, 2.05) is 85.8 Å². The van der Waals surface area contributed by atoms with Crippen molar-refractivity contribution in [2.24, 2.45) is 0 Å². The summed E-state index contributed by atoms with van der Waals surface area (Å²) in [6.45, 7) is 1.95. The van der Waals surface area contributed by atoms with Crippen molar-refractivity contribution in [1.82, 2.24) is 5.32 Å². The van der Waals surface area contributed by atoms with Crippen LogP contribution < -0.4 is 20.7 Å². The number of fused-ring (bicyclic) bond motifs is 1. The molecular weight excluding hydrogens is 582 g/mol. The van der Waals surface area contributed by atoms with Crippen LogP contribution in [0.4, 0.5) is 11.4 Å². The van der Waals surface area contributed by atoms with Gasteiger partial charge in [-0.1, -0.05) is 85.8 Å². The van der Waals surface area contributed by atoms with Crippen LogP contribution in [0, 0.1) is 0 Å². The molecule has 0 aliphatic heterocycles. The van der Waals surface area contributed by atoms with E-state index >= 15 is 0 Å². The van der Waals surface area contributed by atoms with Crippen molar-refractivity contribution < 1.29 is 19.1 Å². The standard InChI is InChI=1S/C37H33N3O4S/c1-3-34(37(43)39-31-21-9-10-22-33(31)44-2)45-29-19-12-18-28(24-29)38-36(42)32(40-35(41)26-14-5-4-6-15-26)23-27-17-11-16-25-13-7-8-20-30(25)27/h4-24,34H,3H2,1-2H3,(H,38,42)(H,39,43)(H,40,41)/b32-23+. The topological polar surface area (TPSA) is 96.5 Å². The minimum absolute atomic E-state index is 0.0980. The predicted octanol–water partition coefficient (Wildman–Crippen LogP) is 7.77. The van der Waals surface area contributed by atoms with Crippen molar-refractivity contribution in [3.05, 3.63) is 138 Å². The van der Waals surface area contributed by atoms with E-state index in [1.165, 1.54) is 11.8 Å². The molecule has 0 saturated heterocycles. The first-order valence-corrected chi connectivity index (χ1v) is 15.4. The quantitative estimate of drug-likeness (QED) is 0.104. The van der Waals surface area contributed by atoms with E-state index in [0.717, 1.165) is 21.2 Å². The SMILES string of the molecule is CCC(Sc1cccc(NC(=O)/C(=C\c2cccc3ccccc23)NC(=O)c2ccccc2)c1)C(=O)Nc1ccccc1OC. The van der Waals surface area contributed by atoms with Gasteiger partial charge in [0.15, 0.2) is 0 Å². The molecule has 0 bridgehead atoms. The summed E-state index contributed by atoms with van der Waals surface area (Å²) in [6, 6.07) is 37.0. The number of hydrogen-bond acceptors (Lipinski definition) is 5. The maximum atomic E-state index is 13.7. The van der Waals surface area contributed by atoms with Gasteiger partial charge in [-0.2, -0.15) is 0 Å². The lowest BCUT2D eigenvalue weighted by molar-refractivity contribution is -0.116. The highest BCUT2D eigenvalue weighted by atomic mass is 32.2. The molecule has 0 radical (unpaired) electrons. The summed E-state index contributed by atoms with van der Waals surface area (Å²) in [5, 5.41) is 10.3. The normalized spacial score (nSPS) is 11.8. The Kier molecular flexibility index (Phi) is 10.3. The molecule has 0 fully saturated rings. The molecule has 8 heteroatoms. The number of carbonyl (C=O) groups is 3. The van der Waals surface area contributed by atoms with Gasteiger partial charge >= 0.3 is 0 Å². The molecule has 0 aliphatic rings. The van der Waals surface area contributed by atoms with Gasteiger partial charge in [-0.25, -0.2) is 0 Å². The smallest absolute Gasteiger partial charge is 0.272 e. The molecule has 0 saturated carbocycles. The Balaban J connectivity index is 1.36. The van der Waals surface area contributed by atoms with E-state index < -0.39 is 11.8 Å². The van der Waals surface area contributed by atoms with E-state index in [9.17, 15) is 14.4 Å². The van der Waals surface area contributed by atoms with Gasteiger partial charge in [-0.3, -0.25) is 14.4 Å². The Morgan fingerprint density at radius 3 is 2.31 bits per heavy atom. The molecule has 1 unspecified atom stereocenters. The van der Waals surface area contributed by atoms with Crippen LogP contribution in [0.25, 0.3) is 16.8 Å².